The second-order valence-electron chi connectivity index (χ2n) is 3.64. The van der Waals surface area contributed by atoms with Crippen molar-refractivity contribution >= 4 is 0 Å². The molecular formula is C14H15FO2. The summed E-state index contributed by atoms with van der Waals surface area (Å²) in [5.74, 6) is 0.339. The van der Waals surface area contributed by atoms with E-state index in [0.29, 0.717) is 0 Å². The van der Waals surface area contributed by atoms with Gasteiger partial charge in [-0.3, -0.25) is 0 Å². The van der Waals surface area contributed by atoms with Gasteiger partial charge in [0.15, 0.2) is 0 Å². The number of phenolic OH excluding ortho intramolecular Hbond substituents is 2. The van der Waals surface area contributed by atoms with Crippen LogP contribution in [0.15, 0.2) is 48.5 Å². The molecule has 17 heavy (non-hydrogen) atoms. The smallest absolute Gasteiger partial charge is 0.115 e. The van der Waals surface area contributed by atoms with Crippen LogP contribution in [0, 0.1) is 6.92 Å². The highest BCUT2D eigenvalue weighted by Gasteiger charge is 1.87. The molecule has 0 fully saturated rings. The molecule has 3 heteroatoms. The first-order valence-electron chi connectivity index (χ1n) is 5.21. The third-order valence-electron chi connectivity index (χ3n) is 2.12. The number of hydrogen-bond acceptors (Lipinski definition) is 2. The summed E-state index contributed by atoms with van der Waals surface area (Å²) >= 11 is 0. The Kier molecular flexibility index (Phi) is 5.01. The van der Waals surface area contributed by atoms with Gasteiger partial charge in [-0.1, -0.05) is 29.8 Å². The summed E-state index contributed by atoms with van der Waals surface area (Å²) in [5.41, 5.74) is 1.92. The fraction of sp³-hybridized carbons (Fsp3) is 0.143. The van der Waals surface area contributed by atoms with Crippen LogP contribution in [-0.2, 0) is 6.67 Å². The second-order valence-corrected chi connectivity index (χ2v) is 3.64. The average molecular weight is 234 g/mol. The van der Waals surface area contributed by atoms with Gasteiger partial charge in [-0.25, -0.2) is 4.39 Å². The first-order valence-corrected chi connectivity index (χ1v) is 5.21. The summed E-state index contributed by atoms with van der Waals surface area (Å²) in [6.45, 7) is 1.63. The molecule has 0 amide bonds. The Hall–Kier alpha value is -2.03. The summed E-state index contributed by atoms with van der Waals surface area (Å²) in [6, 6.07) is 13.1. The first-order chi connectivity index (χ1) is 8.11. The van der Waals surface area contributed by atoms with E-state index in [9.17, 15) is 4.39 Å². The standard InChI is InChI=1S/C8H9F.C6H6O2/c1-7-2-4-8(6-9)5-3-7;7-5-1-2-6(8)4-3-5/h2-5H,6H2,1H3;1-4,7-8H. The minimum absolute atomic E-state index is 0.169. The van der Waals surface area contributed by atoms with Crippen molar-refractivity contribution in [3.63, 3.8) is 0 Å². The molecule has 0 saturated heterocycles. The Balaban J connectivity index is 0.000000171. The second kappa shape index (κ2) is 6.53. The number of halogens is 1. The molecule has 2 aromatic rings. The average Bonchev–Trinajstić information content (AvgIpc) is 2.35. The zero-order chi connectivity index (χ0) is 12.7. The topological polar surface area (TPSA) is 40.5 Å². The number of alkyl halides is 1. The van der Waals surface area contributed by atoms with E-state index in [2.05, 4.69) is 0 Å². The molecule has 0 saturated carbocycles. The fourth-order valence-electron chi connectivity index (χ4n) is 1.13. The van der Waals surface area contributed by atoms with E-state index in [4.69, 9.17) is 10.2 Å². The van der Waals surface area contributed by atoms with Crippen molar-refractivity contribution in [2.75, 3.05) is 0 Å². The third kappa shape index (κ3) is 5.02. The van der Waals surface area contributed by atoms with E-state index in [1.165, 1.54) is 29.8 Å². The molecule has 2 rings (SSSR count). The van der Waals surface area contributed by atoms with Crippen LogP contribution >= 0.6 is 0 Å². The molecule has 2 aromatic carbocycles. The van der Waals surface area contributed by atoms with E-state index in [1.54, 1.807) is 12.1 Å². The molecule has 0 atom stereocenters. The van der Waals surface area contributed by atoms with Gasteiger partial charge in [-0.05, 0) is 36.8 Å². The zero-order valence-electron chi connectivity index (χ0n) is 9.60. The van der Waals surface area contributed by atoms with Crippen molar-refractivity contribution in [3.8, 4) is 11.5 Å². The van der Waals surface area contributed by atoms with Crippen LogP contribution < -0.4 is 0 Å². The molecule has 0 aliphatic rings. The van der Waals surface area contributed by atoms with Crippen LogP contribution in [-0.4, -0.2) is 10.2 Å². The van der Waals surface area contributed by atoms with Gasteiger partial charge in [0.05, 0.1) is 0 Å². The molecule has 0 radical (unpaired) electrons. The normalized spacial score (nSPS) is 9.29. The molecule has 0 aliphatic heterocycles. The molecule has 0 heterocycles. The summed E-state index contributed by atoms with van der Waals surface area (Å²) < 4.78 is 11.9. The van der Waals surface area contributed by atoms with Crippen molar-refractivity contribution in [2.45, 2.75) is 13.6 Å². The lowest BCUT2D eigenvalue weighted by Crippen LogP contribution is -1.76. The first kappa shape index (κ1) is 13.0. The number of rotatable bonds is 1. The maximum Gasteiger partial charge on any atom is 0.115 e. The van der Waals surface area contributed by atoms with Gasteiger partial charge in [0.2, 0.25) is 0 Å². The Morgan fingerprint density at radius 1 is 0.824 bits per heavy atom. The number of benzene rings is 2. The van der Waals surface area contributed by atoms with Crippen LogP contribution in [0.4, 0.5) is 4.39 Å². The molecular weight excluding hydrogens is 219 g/mol. The molecule has 2 nitrogen and oxygen atoms in total. The van der Waals surface area contributed by atoms with Crippen LogP contribution in [0.2, 0.25) is 0 Å². The van der Waals surface area contributed by atoms with E-state index in [-0.39, 0.29) is 18.2 Å². The molecule has 2 N–H and O–H groups in total. The SMILES string of the molecule is Cc1ccc(CF)cc1.Oc1ccc(O)cc1. The molecule has 0 bridgehead atoms. The molecule has 0 aromatic heterocycles. The van der Waals surface area contributed by atoms with Crippen molar-refractivity contribution in [3.05, 3.63) is 59.7 Å². The lowest BCUT2D eigenvalue weighted by molar-refractivity contribution is 0.460. The van der Waals surface area contributed by atoms with Crippen molar-refractivity contribution in [2.24, 2.45) is 0 Å². The highest BCUT2D eigenvalue weighted by molar-refractivity contribution is 5.28. The Bertz CT molecular complexity index is 414. The summed E-state index contributed by atoms with van der Waals surface area (Å²) in [6.07, 6.45) is 0. The fourth-order valence-corrected chi connectivity index (χ4v) is 1.13. The molecule has 0 spiro atoms. The minimum atomic E-state index is -0.361. The number of hydrogen-bond donors (Lipinski definition) is 2. The number of phenols is 2. The van der Waals surface area contributed by atoms with Gasteiger partial charge in [0.1, 0.15) is 18.2 Å². The highest BCUT2D eigenvalue weighted by Crippen LogP contribution is 2.13. The van der Waals surface area contributed by atoms with Crippen LogP contribution in [0.3, 0.4) is 0 Å². The van der Waals surface area contributed by atoms with E-state index >= 15 is 0 Å². The van der Waals surface area contributed by atoms with Gasteiger partial charge >= 0.3 is 0 Å². The molecule has 90 valence electrons. The van der Waals surface area contributed by atoms with Crippen molar-refractivity contribution < 1.29 is 14.6 Å². The highest BCUT2D eigenvalue weighted by atomic mass is 19.1. The van der Waals surface area contributed by atoms with Gasteiger partial charge in [-0.15, -0.1) is 0 Å². The zero-order valence-corrected chi connectivity index (χ0v) is 9.60. The van der Waals surface area contributed by atoms with E-state index in [0.717, 1.165) is 5.56 Å². The monoisotopic (exact) mass is 234 g/mol. The summed E-state index contributed by atoms with van der Waals surface area (Å²) in [7, 11) is 0. The largest absolute Gasteiger partial charge is 0.508 e. The van der Waals surface area contributed by atoms with Crippen LogP contribution in [0.25, 0.3) is 0 Å². The van der Waals surface area contributed by atoms with Crippen LogP contribution in [0.1, 0.15) is 11.1 Å². The predicted molar refractivity (Wildman–Crippen MR) is 65.8 cm³/mol. The van der Waals surface area contributed by atoms with E-state index in [1.807, 2.05) is 19.1 Å². The minimum Gasteiger partial charge on any atom is -0.508 e. The molecule has 0 aliphatic carbocycles. The maximum absolute atomic E-state index is 11.9. The Labute approximate surface area is 100.0 Å². The number of aryl methyl sites for hydroxylation is 1. The van der Waals surface area contributed by atoms with Gasteiger partial charge < -0.3 is 10.2 Å². The third-order valence-corrected chi connectivity index (χ3v) is 2.12. The lowest BCUT2D eigenvalue weighted by atomic mass is 10.2. The van der Waals surface area contributed by atoms with Crippen LogP contribution in [0.5, 0.6) is 11.5 Å². The Morgan fingerprint density at radius 2 is 1.24 bits per heavy atom. The van der Waals surface area contributed by atoms with Crippen molar-refractivity contribution in [1.29, 1.82) is 0 Å². The van der Waals surface area contributed by atoms with E-state index < -0.39 is 0 Å². The Morgan fingerprint density at radius 3 is 1.59 bits per heavy atom. The van der Waals surface area contributed by atoms with Gasteiger partial charge in [-0.2, -0.15) is 0 Å². The lowest BCUT2D eigenvalue weighted by Gasteiger charge is -1.92. The quantitative estimate of drug-likeness (QED) is 0.740. The summed E-state index contributed by atoms with van der Waals surface area (Å²) in [5, 5.41) is 17.3. The maximum atomic E-state index is 11.9. The van der Waals surface area contributed by atoms with Crippen molar-refractivity contribution in [1.82, 2.24) is 0 Å². The van der Waals surface area contributed by atoms with Gasteiger partial charge in [0.25, 0.3) is 0 Å². The summed E-state index contributed by atoms with van der Waals surface area (Å²) in [4.78, 5) is 0. The predicted octanol–water partition coefficient (Wildman–Crippen LogP) is 3.56. The van der Waals surface area contributed by atoms with Gasteiger partial charge in [0, 0.05) is 0 Å². The molecule has 0 unspecified atom stereocenters. The number of aromatic hydroxyl groups is 2.